The lowest BCUT2D eigenvalue weighted by Crippen LogP contribution is -2.26. The first-order valence-electron chi connectivity index (χ1n) is 11.9. The Morgan fingerprint density at radius 1 is 1.06 bits per heavy atom. The summed E-state index contributed by atoms with van der Waals surface area (Å²) >= 11 is 0. The molecule has 186 valence electrons. The average molecular weight is 493 g/mol. The van der Waals surface area contributed by atoms with Crippen molar-refractivity contribution in [2.75, 3.05) is 49.5 Å². The van der Waals surface area contributed by atoms with E-state index in [9.17, 15) is 14.0 Å². The monoisotopic (exact) mass is 492 g/mol. The Morgan fingerprint density at radius 2 is 1.92 bits per heavy atom. The number of likely N-dealkylation sites (tertiary alicyclic amines) is 1. The quantitative estimate of drug-likeness (QED) is 0.506. The summed E-state index contributed by atoms with van der Waals surface area (Å²) in [4.78, 5) is 21.4. The molecule has 2 atom stereocenters. The molecule has 2 fully saturated rings. The van der Waals surface area contributed by atoms with E-state index in [1.54, 1.807) is 41.7 Å². The first kappa shape index (κ1) is 23.8. The highest BCUT2D eigenvalue weighted by Gasteiger charge is 2.25. The van der Waals surface area contributed by atoms with Crippen LogP contribution in [0.1, 0.15) is 18.4 Å². The van der Waals surface area contributed by atoms with E-state index in [0.29, 0.717) is 79.2 Å². The van der Waals surface area contributed by atoms with Crippen molar-refractivity contribution in [1.29, 1.82) is 5.26 Å². The van der Waals surface area contributed by atoms with Crippen molar-refractivity contribution >= 4 is 17.5 Å². The Labute approximate surface area is 207 Å². The second kappa shape index (κ2) is 10.8. The topological polar surface area (TPSA) is 103 Å². The zero-order valence-corrected chi connectivity index (χ0v) is 19.6. The van der Waals surface area contributed by atoms with Gasteiger partial charge < -0.3 is 15.0 Å². The highest BCUT2D eigenvalue weighted by Crippen LogP contribution is 2.27. The van der Waals surface area contributed by atoms with Crippen LogP contribution < -0.4 is 15.0 Å². The van der Waals surface area contributed by atoms with Gasteiger partial charge in [-0.25, -0.2) is 28.7 Å². The minimum atomic E-state index is -0.899. The molecule has 0 aromatic carbocycles. The van der Waals surface area contributed by atoms with Gasteiger partial charge in [-0.05, 0) is 31.0 Å². The molecule has 2 saturated heterocycles. The van der Waals surface area contributed by atoms with Crippen LogP contribution in [0.25, 0.3) is 11.3 Å². The number of nitrogens with one attached hydrogen (secondary N) is 1. The third kappa shape index (κ3) is 5.66. The van der Waals surface area contributed by atoms with Crippen LogP contribution in [0, 0.1) is 11.3 Å². The van der Waals surface area contributed by atoms with Gasteiger partial charge in [0.1, 0.15) is 30.8 Å². The number of alkyl halides is 2. The Morgan fingerprint density at radius 3 is 2.64 bits per heavy atom. The van der Waals surface area contributed by atoms with Crippen LogP contribution in [-0.2, 0) is 0 Å². The van der Waals surface area contributed by atoms with Crippen LogP contribution in [0.3, 0.4) is 0 Å². The summed E-state index contributed by atoms with van der Waals surface area (Å²) in [7, 11) is 0. The van der Waals surface area contributed by atoms with E-state index in [0.717, 1.165) is 6.54 Å². The van der Waals surface area contributed by atoms with Gasteiger partial charge in [0.05, 0.1) is 29.7 Å². The number of anilines is 3. The zero-order valence-electron chi connectivity index (χ0n) is 19.6. The van der Waals surface area contributed by atoms with Crippen LogP contribution in [-0.4, -0.2) is 76.5 Å². The van der Waals surface area contributed by atoms with E-state index >= 15 is 0 Å². The molecule has 36 heavy (non-hydrogen) atoms. The van der Waals surface area contributed by atoms with E-state index in [2.05, 4.69) is 31.3 Å². The molecule has 0 saturated carbocycles. The first-order valence-corrected chi connectivity index (χ1v) is 11.9. The number of nitriles is 1. The van der Waals surface area contributed by atoms with E-state index in [4.69, 9.17) is 4.74 Å². The molecule has 0 bridgehead atoms. The molecule has 2 unspecified atom stereocenters. The maximum atomic E-state index is 13.6. The molecule has 1 N–H and O–H groups in total. The van der Waals surface area contributed by atoms with E-state index in [-0.39, 0.29) is 6.54 Å². The highest BCUT2D eigenvalue weighted by molar-refractivity contribution is 5.67. The summed E-state index contributed by atoms with van der Waals surface area (Å²) in [6.07, 6.45) is 4.26. The van der Waals surface area contributed by atoms with Gasteiger partial charge in [0.15, 0.2) is 0 Å². The Bertz CT molecular complexity index is 1240. The van der Waals surface area contributed by atoms with E-state index < -0.39 is 12.3 Å². The lowest BCUT2D eigenvalue weighted by molar-refractivity contribution is 0.220. The smallest absolute Gasteiger partial charge is 0.227 e. The molecule has 5 heterocycles. The van der Waals surface area contributed by atoms with E-state index in [1.807, 2.05) is 11.0 Å². The molecule has 5 rings (SSSR count). The predicted octanol–water partition coefficient (Wildman–Crippen LogP) is 3.52. The highest BCUT2D eigenvalue weighted by atomic mass is 19.1. The lowest BCUT2D eigenvalue weighted by Gasteiger charge is -2.18. The van der Waals surface area contributed by atoms with Crippen molar-refractivity contribution in [2.45, 2.75) is 25.2 Å². The van der Waals surface area contributed by atoms with Gasteiger partial charge in [-0.1, -0.05) is 0 Å². The first-order chi connectivity index (χ1) is 17.6. The maximum Gasteiger partial charge on any atom is 0.227 e. The van der Waals surface area contributed by atoms with Crippen molar-refractivity contribution in [2.24, 2.45) is 0 Å². The normalized spacial score (nSPS) is 19.9. The SMILES string of the molecule is N#Cc1cc(-c2ccnc(Nc3ccc(OCCN4CCC(F)C4)nc3)n2)cnc1N1CCC(F)C1. The third-order valence-corrected chi connectivity index (χ3v) is 6.23. The van der Waals surface area contributed by atoms with Crippen molar-refractivity contribution in [1.82, 2.24) is 24.8 Å². The van der Waals surface area contributed by atoms with Gasteiger partial charge in [-0.3, -0.25) is 4.90 Å². The summed E-state index contributed by atoms with van der Waals surface area (Å²) in [6, 6.07) is 9.17. The second-order valence-corrected chi connectivity index (χ2v) is 8.85. The van der Waals surface area contributed by atoms with Gasteiger partial charge in [0, 0.05) is 50.2 Å². The molecule has 9 nitrogen and oxygen atoms in total. The fourth-order valence-corrected chi connectivity index (χ4v) is 4.36. The molecule has 2 aliphatic rings. The molecule has 11 heteroatoms. The Balaban J connectivity index is 1.21. The number of rotatable bonds is 8. The number of aromatic nitrogens is 4. The summed E-state index contributed by atoms with van der Waals surface area (Å²) in [6.45, 7) is 3.13. The van der Waals surface area contributed by atoms with Crippen LogP contribution >= 0.6 is 0 Å². The van der Waals surface area contributed by atoms with Crippen LogP contribution in [0.2, 0.25) is 0 Å². The van der Waals surface area contributed by atoms with Crippen molar-refractivity contribution in [3.05, 3.63) is 48.4 Å². The standard InChI is InChI=1S/C25H26F2N8O/c26-19-4-7-34(15-19)9-10-36-23-2-1-21(14-30-23)32-25-29-6-3-22(33-25)18-11-17(12-28)24(31-13-18)35-8-5-20(27)16-35/h1-3,6,11,13-14,19-20H,4-5,7-10,15-16H2,(H,29,32,33). The van der Waals surface area contributed by atoms with Crippen molar-refractivity contribution in [3.8, 4) is 23.2 Å². The molecule has 3 aromatic rings. The van der Waals surface area contributed by atoms with Gasteiger partial charge >= 0.3 is 0 Å². The van der Waals surface area contributed by atoms with Crippen LogP contribution in [0.4, 0.5) is 26.2 Å². The van der Waals surface area contributed by atoms with Gasteiger partial charge in [-0.15, -0.1) is 0 Å². The number of nitrogens with zero attached hydrogens (tertiary/aromatic N) is 7. The molecule has 0 spiro atoms. The summed E-state index contributed by atoms with van der Waals surface area (Å²) in [5, 5.41) is 12.7. The third-order valence-electron chi connectivity index (χ3n) is 6.23. The van der Waals surface area contributed by atoms with E-state index in [1.165, 1.54) is 0 Å². The number of hydrogen-bond acceptors (Lipinski definition) is 9. The lowest BCUT2D eigenvalue weighted by atomic mass is 10.1. The van der Waals surface area contributed by atoms with Gasteiger partial charge in [-0.2, -0.15) is 5.26 Å². The van der Waals surface area contributed by atoms with Gasteiger partial charge in [0.25, 0.3) is 0 Å². The maximum absolute atomic E-state index is 13.6. The summed E-state index contributed by atoms with van der Waals surface area (Å²) in [5.41, 5.74) is 2.32. The van der Waals surface area contributed by atoms with Crippen molar-refractivity contribution in [3.63, 3.8) is 0 Å². The number of pyridine rings is 2. The molecule has 0 aliphatic carbocycles. The number of halogens is 2. The average Bonchev–Trinajstić information content (AvgIpc) is 3.52. The molecule has 2 aliphatic heterocycles. The van der Waals surface area contributed by atoms with Crippen LogP contribution in [0.5, 0.6) is 5.88 Å². The predicted molar refractivity (Wildman–Crippen MR) is 131 cm³/mol. The van der Waals surface area contributed by atoms with Crippen molar-refractivity contribution < 1.29 is 13.5 Å². The molecule has 3 aromatic heterocycles. The molecular formula is C25H26F2N8O. The minimum absolute atomic E-state index is 0.248. The summed E-state index contributed by atoms with van der Waals surface area (Å²) < 4.78 is 32.5. The molecule has 0 amide bonds. The fourth-order valence-electron chi connectivity index (χ4n) is 4.36. The Kier molecular flexibility index (Phi) is 7.13. The second-order valence-electron chi connectivity index (χ2n) is 8.85. The fraction of sp³-hybridized carbons (Fsp3) is 0.400. The summed E-state index contributed by atoms with van der Waals surface area (Å²) in [5.74, 6) is 1.34. The number of hydrogen-bond donors (Lipinski definition) is 1. The van der Waals surface area contributed by atoms with Gasteiger partial charge in [0.2, 0.25) is 11.8 Å². The number of ether oxygens (including phenoxy) is 1. The molecule has 0 radical (unpaired) electrons. The Hall–Kier alpha value is -3.91. The van der Waals surface area contributed by atoms with Crippen LogP contribution in [0.15, 0.2) is 42.9 Å². The zero-order chi connectivity index (χ0) is 24.9. The minimum Gasteiger partial charge on any atom is -0.476 e. The molecular weight excluding hydrogens is 466 g/mol. The largest absolute Gasteiger partial charge is 0.476 e.